The second-order valence-corrected chi connectivity index (χ2v) is 5.32. The van der Waals surface area contributed by atoms with Gasteiger partial charge in [-0.2, -0.15) is 0 Å². The van der Waals surface area contributed by atoms with Crippen LogP contribution in [0.3, 0.4) is 0 Å². The van der Waals surface area contributed by atoms with Crippen LogP contribution < -0.4 is 0 Å². The maximum Gasteiger partial charge on any atom is 0.103 e. The van der Waals surface area contributed by atoms with Gasteiger partial charge in [0.25, 0.3) is 0 Å². The molecule has 0 N–H and O–H groups in total. The molecule has 2 unspecified atom stereocenters. The van der Waals surface area contributed by atoms with Gasteiger partial charge in [-0.25, -0.2) is 4.39 Å². The molecular formula is C12H25F. The predicted octanol–water partition coefficient (Wildman–Crippen LogP) is 4.59. The van der Waals surface area contributed by atoms with Gasteiger partial charge >= 0.3 is 0 Å². The van der Waals surface area contributed by atoms with E-state index in [1.807, 2.05) is 0 Å². The van der Waals surface area contributed by atoms with E-state index < -0.39 is 6.17 Å². The molecule has 0 spiro atoms. The quantitative estimate of drug-likeness (QED) is 0.592. The van der Waals surface area contributed by atoms with E-state index in [1.54, 1.807) is 6.92 Å². The molecule has 1 heteroatoms. The maximum absolute atomic E-state index is 13.4. The zero-order valence-electron chi connectivity index (χ0n) is 10.1. The summed E-state index contributed by atoms with van der Waals surface area (Å²) in [5, 5.41) is 0. The molecule has 13 heavy (non-hydrogen) atoms. The first-order valence-electron chi connectivity index (χ1n) is 5.41. The van der Waals surface area contributed by atoms with Crippen molar-refractivity contribution < 1.29 is 4.39 Å². The van der Waals surface area contributed by atoms with Gasteiger partial charge in [0.2, 0.25) is 0 Å². The molecule has 0 aromatic carbocycles. The molecule has 0 radical (unpaired) electrons. The van der Waals surface area contributed by atoms with Crippen LogP contribution >= 0.6 is 0 Å². The van der Waals surface area contributed by atoms with E-state index in [0.717, 1.165) is 19.3 Å². The molecular weight excluding hydrogens is 163 g/mol. The van der Waals surface area contributed by atoms with Crippen molar-refractivity contribution in [3.05, 3.63) is 0 Å². The van der Waals surface area contributed by atoms with Gasteiger partial charge in [0.1, 0.15) is 6.17 Å². The van der Waals surface area contributed by atoms with Crippen LogP contribution in [0.5, 0.6) is 0 Å². The summed E-state index contributed by atoms with van der Waals surface area (Å²) in [6.07, 6.45) is 2.32. The van der Waals surface area contributed by atoms with Crippen LogP contribution in [0.4, 0.5) is 4.39 Å². The molecule has 0 aromatic rings. The Labute approximate surface area is 82.9 Å². The Morgan fingerprint density at radius 3 is 1.77 bits per heavy atom. The molecule has 0 aliphatic carbocycles. The van der Waals surface area contributed by atoms with E-state index in [4.69, 9.17) is 0 Å². The van der Waals surface area contributed by atoms with Crippen LogP contribution in [-0.2, 0) is 0 Å². The Hall–Kier alpha value is -0.0700. The van der Waals surface area contributed by atoms with Gasteiger partial charge in [-0.3, -0.25) is 0 Å². The topological polar surface area (TPSA) is 0 Å². The zero-order chi connectivity index (χ0) is 10.7. The maximum atomic E-state index is 13.4. The predicted molar refractivity (Wildman–Crippen MR) is 57.7 cm³/mol. The zero-order valence-corrected chi connectivity index (χ0v) is 10.1. The van der Waals surface area contributed by atoms with Crippen molar-refractivity contribution in [1.29, 1.82) is 0 Å². The minimum absolute atomic E-state index is 0.139. The molecule has 0 nitrogen and oxygen atoms in total. The van der Waals surface area contributed by atoms with Crippen LogP contribution in [0, 0.1) is 10.8 Å². The first-order chi connectivity index (χ1) is 5.77. The highest BCUT2D eigenvalue weighted by Gasteiger charge is 2.34. The van der Waals surface area contributed by atoms with Gasteiger partial charge in [-0.1, -0.05) is 41.0 Å². The van der Waals surface area contributed by atoms with Gasteiger partial charge in [0.15, 0.2) is 0 Å². The highest BCUT2D eigenvalue weighted by atomic mass is 19.1. The SMILES string of the molecule is CCC(C)(C)CC(C)(CC)C(C)F. The molecule has 0 heterocycles. The van der Waals surface area contributed by atoms with Gasteiger partial charge in [0.05, 0.1) is 0 Å². The fourth-order valence-corrected chi connectivity index (χ4v) is 1.77. The molecule has 80 valence electrons. The Morgan fingerprint density at radius 2 is 1.54 bits per heavy atom. The third-order valence-electron chi connectivity index (χ3n) is 3.61. The van der Waals surface area contributed by atoms with Gasteiger partial charge in [0, 0.05) is 0 Å². The van der Waals surface area contributed by atoms with Crippen molar-refractivity contribution in [3.8, 4) is 0 Å². The minimum atomic E-state index is -0.705. The first kappa shape index (κ1) is 12.9. The minimum Gasteiger partial charge on any atom is -0.247 e. The third-order valence-corrected chi connectivity index (χ3v) is 3.61. The molecule has 0 aliphatic heterocycles. The summed E-state index contributed by atoms with van der Waals surface area (Å²) in [5.41, 5.74) is 0.130. The average Bonchev–Trinajstić information content (AvgIpc) is 2.03. The standard InChI is InChI=1S/C12H25F/c1-7-11(4,5)9-12(6,8-2)10(3)13/h10H,7-9H2,1-6H3. The Balaban J connectivity index is 4.44. The second-order valence-electron chi connectivity index (χ2n) is 5.32. The lowest BCUT2D eigenvalue weighted by Gasteiger charge is -2.37. The summed E-state index contributed by atoms with van der Waals surface area (Å²) in [6.45, 7) is 12.5. The molecule has 0 aromatic heterocycles. The van der Waals surface area contributed by atoms with Crippen LogP contribution in [0.1, 0.15) is 60.8 Å². The lowest BCUT2D eigenvalue weighted by Crippen LogP contribution is -2.32. The molecule has 0 fully saturated rings. The molecule has 0 bridgehead atoms. The van der Waals surface area contributed by atoms with Crippen LogP contribution in [0.25, 0.3) is 0 Å². The largest absolute Gasteiger partial charge is 0.247 e. The van der Waals surface area contributed by atoms with E-state index >= 15 is 0 Å². The van der Waals surface area contributed by atoms with Crippen molar-refractivity contribution in [2.24, 2.45) is 10.8 Å². The van der Waals surface area contributed by atoms with Gasteiger partial charge in [-0.15, -0.1) is 0 Å². The number of hydrogen-bond donors (Lipinski definition) is 0. The van der Waals surface area contributed by atoms with Crippen LogP contribution in [0.15, 0.2) is 0 Å². The summed E-state index contributed by atoms with van der Waals surface area (Å²) in [6, 6.07) is 0. The van der Waals surface area contributed by atoms with E-state index in [2.05, 4.69) is 34.6 Å². The van der Waals surface area contributed by atoms with E-state index in [-0.39, 0.29) is 10.8 Å². The fraction of sp³-hybridized carbons (Fsp3) is 1.00. The number of alkyl halides is 1. The van der Waals surface area contributed by atoms with Crippen molar-refractivity contribution in [2.75, 3.05) is 0 Å². The Morgan fingerprint density at radius 1 is 1.08 bits per heavy atom. The Kier molecular flexibility index (Phi) is 4.41. The highest BCUT2D eigenvalue weighted by Crippen LogP contribution is 2.41. The third kappa shape index (κ3) is 3.66. The summed E-state index contributed by atoms with van der Waals surface area (Å²) in [5.74, 6) is 0. The lowest BCUT2D eigenvalue weighted by atomic mass is 9.69. The first-order valence-corrected chi connectivity index (χ1v) is 5.41. The number of hydrogen-bond acceptors (Lipinski definition) is 0. The van der Waals surface area contributed by atoms with Crippen LogP contribution in [0.2, 0.25) is 0 Å². The number of halogens is 1. The van der Waals surface area contributed by atoms with Gasteiger partial charge < -0.3 is 0 Å². The van der Waals surface area contributed by atoms with Crippen molar-refractivity contribution >= 4 is 0 Å². The molecule has 0 saturated heterocycles. The van der Waals surface area contributed by atoms with Crippen molar-refractivity contribution in [3.63, 3.8) is 0 Å². The van der Waals surface area contributed by atoms with E-state index in [0.29, 0.717) is 0 Å². The summed E-state index contributed by atoms with van der Waals surface area (Å²) in [4.78, 5) is 0. The Bertz CT molecular complexity index is 149. The molecule has 0 amide bonds. The van der Waals surface area contributed by atoms with E-state index in [1.165, 1.54) is 0 Å². The van der Waals surface area contributed by atoms with E-state index in [9.17, 15) is 4.39 Å². The summed E-state index contributed by atoms with van der Waals surface area (Å²) in [7, 11) is 0. The molecule has 0 aliphatic rings. The van der Waals surface area contributed by atoms with Crippen molar-refractivity contribution in [2.45, 2.75) is 67.0 Å². The van der Waals surface area contributed by atoms with Gasteiger partial charge in [-0.05, 0) is 30.6 Å². The number of rotatable bonds is 5. The molecule has 0 saturated carbocycles. The monoisotopic (exact) mass is 188 g/mol. The molecule has 2 atom stereocenters. The highest BCUT2D eigenvalue weighted by molar-refractivity contribution is 4.84. The normalized spacial score (nSPS) is 19.6. The average molecular weight is 188 g/mol. The lowest BCUT2D eigenvalue weighted by molar-refractivity contribution is 0.0721. The summed E-state index contributed by atoms with van der Waals surface area (Å²) < 4.78 is 13.4. The molecule has 0 rings (SSSR count). The smallest absolute Gasteiger partial charge is 0.103 e. The second kappa shape index (κ2) is 4.43. The summed E-state index contributed by atoms with van der Waals surface area (Å²) >= 11 is 0. The van der Waals surface area contributed by atoms with Crippen molar-refractivity contribution in [1.82, 2.24) is 0 Å². The fourth-order valence-electron chi connectivity index (χ4n) is 1.77. The van der Waals surface area contributed by atoms with Crippen LogP contribution in [-0.4, -0.2) is 6.17 Å².